The molecule has 1 atom stereocenters. The molecule has 1 aliphatic carbocycles. The predicted octanol–water partition coefficient (Wildman–Crippen LogP) is 2.71. The van der Waals surface area contributed by atoms with Gasteiger partial charge in [0.1, 0.15) is 16.7 Å². The molecular formula is C26H31N3O6S. The van der Waals surface area contributed by atoms with E-state index in [1.54, 1.807) is 44.4 Å². The first-order chi connectivity index (χ1) is 17.2. The van der Waals surface area contributed by atoms with Crippen molar-refractivity contribution in [2.45, 2.75) is 62.6 Å². The first-order valence-electron chi connectivity index (χ1n) is 12.1. The van der Waals surface area contributed by atoms with Crippen molar-refractivity contribution in [3.05, 3.63) is 59.7 Å². The van der Waals surface area contributed by atoms with Crippen LogP contribution in [0.1, 0.15) is 54.9 Å². The van der Waals surface area contributed by atoms with Crippen LogP contribution in [-0.4, -0.2) is 61.1 Å². The maximum absolute atomic E-state index is 13.4. The number of amides is 3. The second kappa shape index (κ2) is 10.7. The number of hydrogen-bond acceptors (Lipinski definition) is 6. The predicted molar refractivity (Wildman–Crippen MR) is 133 cm³/mol. The molecule has 10 heteroatoms. The van der Waals surface area contributed by atoms with Crippen LogP contribution >= 0.6 is 0 Å². The minimum atomic E-state index is -4.02. The van der Waals surface area contributed by atoms with Crippen molar-refractivity contribution in [1.29, 1.82) is 0 Å². The Labute approximate surface area is 211 Å². The lowest BCUT2D eigenvalue weighted by Gasteiger charge is -2.30. The van der Waals surface area contributed by atoms with Gasteiger partial charge >= 0.3 is 0 Å². The van der Waals surface area contributed by atoms with Gasteiger partial charge in [0.2, 0.25) is 11.8 Å². The molecule has 2 aliphatic rings. The van der Waals surface area contributed by atoms with Gasteiger partial charge in [-0.25, -0.2) is 12.7 Å². The number of carbonyl (C=O) groups is 3. The van der Waals surface area contributed by atoms with Crippen LogP contribution in [0.25, 0.3) is 0 Å². The summed E-state index contributed by atoms with van der Waals surface area (Å²) < 4.78 is 31.8. The Morgan fingerprint density at radius 2 is 1.86 bits per heavy atom. The van der Waals surface area contributed by atoms with Crippen LogP contribution in [-0.2, 0) is 26.2 Å². The normalized spacial score (nSPS) is 17.5. The van der Waals surface area contributed by atoms with E-state index in [-0.39, 0.29) is 41.9 Å². The molecule has 2 aromatic rings. The molecule has 0 radical (unpaired) electrons. The fourth-order valence-electron chi connectivity index (χ4n) is 4.74. The average molecular weight is 514 g/mol. The van der Waals surface area contributed by atoms with Gasteiger partial charge < -0.3 is 15.0 Å². The molecule has 192 valence electrons. The summed E-state index contributed by atoms with van der Waals surface area (Å²) in [5, 5.41) is 3.03. The molecule has 1 saturated carbocycles. The SMILES string of the molecule is COc1cccc(CN(C(=O)CCN2C(=O)c3ccccc3S2(=O)=O)[C@@H](C)C(=O)NC2CCCC2)c1. The van der Waals surface area contributed by atoms with E-state index < -0.39 is 27.9 Å². The number of methoxy groups -OCH3 is 1. The molecule has 0 bridgehead atoms. The Kier molecular flexibility index (Phi) is 7.63. The van der Waals surface area contributed by atoms with Crippen LogP contribution in [0.4, 0.5) is 0 Å². The van der Waals surface area contributed by atoms with Gasteiger partial charge in [-0.2, -0.15) is 0 Å². The van der Waals surface area contributed by atoms with Crippen molar-refractivity contribution in [2.24, 2.45) is 0 Å². The fourth-order valence-corrected chi connectivity index (χ4v) is 6.30. The molecule has 0 saturated heterocycles. The van der Waals surface area contributed by atoms with Crippen LogP contribution in [0.5, 0.6) is 5.75 Å². The Morgan fingerprint density at radius 1 is 1.14 bits per heavy atom. The van der Waals surface area contributed by atoms with Crippen molar-refractivity contribution in [2.75, 3.05) is 13.7 Å². The van der Waals surface area contributed by atoms with E-state index in [9.17, 15) is 22.8 Å². The smallest absolute Gasteiger partial charge is 0.269 e. The van der Waals surface area contributed by atoms with E-state index >= 15 is 0 Å². The number of ether oxygens (including phenoxy) is 1. The quantitative estimate of drug-likeness (QED) is 0.552. The standard InChI is InChI=1S/C26H31N3O6S/c1-18(25(31)27-20-9-3-4-10-20)28(17-19-8-7-11-21(16-19)35-2)24(30)14-15-29-26(32)22-12-5-6-13-23(22)36(29,33)34/h5-8,11-13,16,18,20H,3-4,9-10,14-15,17H2,1-2H3,(H,27,31)/t18-/m0/s1. The first-order valence-corrected chi connectivity index (χ1v) is 13.5. The monoisotopic (exact) mass is 513 g/mol. The lowest BCUT2D eigenvalue weighted by molar-refractivity contribution is -0.140. The second-order valence-corrected chi connectivity index (χ2v) is 11.0. The third-order valence-corrected chi connectivity index (χ3v) is 8.64. The van der Waals surface area contributed by atoms with E-state index in [0.717, 1.165) is 35.6 Å². The molecule has 1 fully saturated rings. The van der Waals surface area contributed by atoms with Gasteiger partial charge in [0.25, 0.3) is 15.9 Å². The first kappa shape index (κ1) is 25.7. The Balaban J connectivity index is 1.51. The summed E-state index contributed by atoms with van der Waals surface area (Å²) in [5.74, 6) is -0.708. The van der Waals surface area contributed by atoms with Gasteiger partial charge in [-0.3, -0.25) is 14.4 Å². The molecule has 4 rings (SSSR count). The summed E-state index contributed by atoms with van der Waals surface area (Å²) in [4.78, 5) is 40.6. The van der Waals surface area contributed by atoms with Crippen molar-refractivity contribution < 1.29 is 27.5 Å². The lowest BCUT2D eigenvalue weighted by Crippen LogP contribution is -2.50. The molecule has 9 nitrogen and oxygen atoms in total. The van der Waals surface area contributed by atoms with Crippen LogP contribution in [0.2, 0.25) is 0 Å². The van der Waals surface area contributed by atoms with Crippen molar-refractivity contribution >= 4 is 27.7 Å². The van der Waals surface area contributed by atoms with Gasteiger partial charge in [0.05, 0.1) is 12.7 Å². The Bertz CT molecular complexity index is 1260. The van der Waals surface area contributed by atoms with Crippen LogP contribution in [0.3, 0.4) is 0 Å². The highest BCUT2D eigenvalue weighted by Crippen LogP contribution is 2.30. The maximum atomic E-state index is 13.4. The molecule has 0 aromatic heterocycles. The third kappa shape index (κ3) is 5.23. The van der Waals surface area contributed by atoms with Crippen molar-refractivity contribution in [3.63, 3.8) is 0 Å². The largest absolute Gasteiger partial charge is 0.497 e. The van der Waals surface area contributed by atoms with E-state index in [1.807, 2.05) is 6.07 Å². The van der Waals surface area contributed by atoms with E-state index in [4.69, 9.17) is 4.74 Å². The summed E-state index contributed by atoms with van der Waals surface area (Å²) in [6.07, 6.45) is 3.71. The highest BCUT2D eigenvalue weighted by atomic mass is 32.2. The number of hydrogen-bond donors (Lipinski definition) is 1. The van der Waals surface area contributed by atoms with Gasteiger partial charge in [0, 0.05) is 25.6 Å². The lowest BCUT2D eigenvalue weighted by atomic mass is 10.1. The molecule has 0 unspecified atom stereocenters. The average Bonchev–Trinajstić information content (AvgIpc) is 3.45. The highest BCUT2D eigenvalue weighted by Gasteiger charge is 2.41. The molecule has 3 amide bonds. The maximum Gasteiger partial charge on any atom is 0.269 e. The summed E-state index contributed by atoms with van der Waals surface area (Å²) >= 11 is 0. The number of fused-ring (bicyclic) bond motifs is 1. The fraction of sp³-hybridized carbons (Fsp3) is 0.423. The summed E-state index contributed by atoms with van der Waals surface area (Å²) in [6, 6.07) is 12.5. The number of nitrogens with one attached hydrogen (secondary N) is 1. The third-order valence-electron chi connectivity index (χ3n) is 6.80. The van der Waals surface area contributed by atoms with Gasteiger partial charge in [0.15, 0.2) is 0 Å². The zero-order chi connectivity index (χ0) is 25.9. The Morgan fingerprint density at radius 3 is 2.56 bits per heavy atom. The van der Waals surface area contributed by atoms with E-state index in [1.165, 1.54) is 17.0 Å². The molecule has 1 aliphatic heterocycles. The molecule has 1 heterocycles. The number of carbonyl (C=O) groups excluding carboxylic acids is 3. The van der Waals surface area contributed by atoms with Gasteiger partial charge in [-0.05, 0) is 49.6 Å². The second-order valence-electron chi connectivity index (χ2n) is 9.17. The zero-order valence-corrected chi connectivity index (χ0v) is 21.3. The summed E-state index contributed by atoms with van der Waals surface area (Å²) in [6.45, 7) is 1.49. The number of benzene rings is 2. The van der Waals surface area contributed by atoms with Crippen LogP contribution in [0, 0.1) is 0 Å². The van der Waals surface area contributed by atoms with Gasteiger partial charge in [-0.15, -0.1) is 0 Å². The molecular weight excluding hydrogens is 482 g/mol. The zero-order valence-electron chi connectivity index (χ0n) is 20.5. The molecule has 2 aromatic carbocycles. The van der Waals surface area contributed by atoms with E-state index in [2.05, 4.69) is 5.32 Å². The van der Waals surface area contributed by atoms with Crippen molar-refractivity contribution in [3.8, 4) is 5.75 Å². The number of sulfonamides is 1. The van der Waals surface area contributed by atoms with Crippen molar-refractivity contribution in [1.82, 2.24) is 14.5 Å². The molecule has 0 spiro atoms. The molecule has 36 heavy (non-hydrogen) atoms. The van der Waals surface area contributed by atoms with Crippen LogP contribution in [0.15, 0.2) is 53.4 Å². The summed E-state index contributed by atoms with van der Waals surface area (Å²) in [5.41, 5.74) is 0.864. The van der Waals surface area contributed by atoms with Crippen LogP contribution < -0.4 is 10.1 Å². The minimum absolute atomic E-state index is 0.0556. The topological polar surface area (TPSA) is 113 Å². The molecule has 1 N–H and O–H groups in total. The highest BCUT2D eigenvalue weighted by molar-refractivity contribution is 7.90. The number of nitrogens with zero attached hydrogens (tertiary/aromatic N) is 2. The van der Waals surface area contributed by atoms with Gasteiger partial charge in [-0.1, -0.05) is 37.1 Å². The van der Waals surface area contributed by atoms with E-state index in [0.29, 0.717) is 5.75 Å². The Hall–Kier alpha value is -3.40. The number of rotatable bonds is 9. The summed E-state index contributed by atoms with van der Waals surface area (Å²) in [7, 11) is -2.47. The minimum Gasteiger partial charge on any atom is -0.497 e.